The quantitative estimate of drug-likeness (QED) is 0.645. The minimum absolute atomic E-state index is 0.108. The minimum Gasteiger partial charge on any atom is -0.480 e. The molecule has 100 valence electrons. The van der Waals surface area contributed by atoms with Gasteiger partial charge in [-0.25, -0.2) is 0 Å². The maximum atomic E-state index is 11.1. The second kappa shape index (κ2) is 6.15. The van der Waals surface area contributed by atoms with Crippen molar-refractivity contribution in [3.05, 3.63) is 0 Å². The zero-order chi connectivity index (χ0) is 13.6. The lowest BCUT2D eigenvalue weighted by molar-refractivity contribution is -0.141. The third kappa shape index (κ3) is 3.84. The summed E-state index contributed by atoms with van der Waals surface area (Å²) in [5.41, 5.74) is 4.42. The maximum Gasteiger partial charge on any atom is 0.320 e. The summed E-state index contributed by atoms with van der Waals surface area (Å²) in [5, 5.41) is 23.2. The van der Waals surface area contributed by atoms with Crippen LogP contribution in [0.2, 0.25) is 0 Å². The van der Waals surface area contributed by atoms with E-state index in [4.69, 9.17) is 10.8 Å². The Morgan fingerprint density at radius 2 is 1.94 bits per heavy atom. The molecule has 0 aliphatic carbocycles. The maximum absolute atomic E-state index is 11.1. The molecule has 0 aromatic rings. The van der Waals surface area contributed by atoms with Crippen LogP contribution >= 0.6 is 0 Å². The van der Waals surface area contributed by atoms with Gasteiger partial charge >= 0.3 is 11.9 Å². The molecule has 18 heavy (non-hydrogen) atoms. The third-order valence-corrected chi connectivity index (χ3v) is 2.63. The number of carbonyl (C=O) groups is 2. The van der Waals surface area contributed by atoms with Gasteiger partial charge in [0.25, 0.3) is 0 Å². The smallest absolute Gasteiger partial charge is 0.320 e. The molecule has 1 atom stereocenters. The summed E-state index contributed by atoms with van der Waals surface area (Å²) in [6, 6.07) is -0.994. The first-order chi connectivity index (χ1) is 8.49. The number of hydrogen-bond donors (Lipinski definition) is 2. The normalized spacial score (nSPS) is 17.7. The summed E-state index contributed by atoms with van der Waals surface area (Å²) in [7, 11) is 1.28. The van der Waals surface area contributed by atoms with Crippen LogP contribution in [0.15, 0.2) is 20.7 Å². The van der Waals surface area contributed by atoms with Gasteiger partial charge in [0.05, 0.1) is 7.11 Å². The number of nitrogens with zero attached hydrogens (tertiary/aromatic N) is 4. The van der Waals surface area contributed by atoms with Gasteiger partial charge < -0.3 is 15.6 Å². The predicted octanol–water partition coefficient (Wildman–Crippen LogP) is 0.661. The molecule has 9 nitrogen and oxygen atoms in total. The molecule has 3 N–H and O–H groups in total. The molecular weight excluding hydrogens is 242 g/mol. The molecule has 1 aliphatic rings. The Morgan fingerprint density at radius 1 is 1.33 bits per heavy atom. The van der Waals surface area contributed by atoms with Crippen LogP contribution in [0.1, 0.15) is 25.7 Å². The number of rotatable bonds is 7. The van der Waals surface area contributed by atoms with Gasteiger partial charge in [-0.3, -0.25) is 9.59 Å². The summed E-state index contributed by atoms with van der Waals surface area (Å²) in [6.45, 7) is 0. The molecule has 0 saturated carbocycles. The lowest BCUT2D eigenvalue weighted by Crippen LogP contribution is -2.33. The van der Waals surface area contributed by atoms with Gasteiger partial charge in [0.1, 0.15) is 6.04 Å². The molecule has 0 aromatic heterocycles. The summed E-state index contributed by atoms with van der Waals surface area (Å²) >= 11 is 0. The topological polar surface area (TPSA) is 139 Å². The molecule has 0 radical (unpaired) electrons. The van der Waals surface area contributed by atoms with Gasteiger partial charge in [0, 0.05) is 12.8 Å². The monoisotopic (exact) mass is 257 g/mol. The van der Waals surface area contributed by atoms with Gasteiger partial charge in [-0.2, -0.15) is 0 Å². The van der Waals surface area contributed by atoms with Crippen molar-refractivity contribution in [1.82, 2.24) is 0 Å². The zero-order valence-corrected chi connectivity index (χ0v) is 9.94. The van der Waals surface area contributed by atoms with Crippen LogP contribution in [-0.4, -0.2) is 35.9 Å². The van der Waals surface area contributed by atoms with Crippen LogP contribution in [0.25, 0.3) is 0 Å². The van der Waals surface area contributed by atoms with Crippen molar-refractivity contribution in [2.45, 2.75) is 37.4 Å². The van der Waals surface area contributed by atoms with Gasteiger partial charge in [-0.1, -0.05) is 0 Å². The Labute approximate surface area is 103 Å². The largest absolute Gasteiger partial charge is 0.480 e. The van der Waals surface area contributed by atoms with Crippen molar-refractivity contribution in [2.24, 2.45) is 26.4 Å². The number of nitrogens with two attached hydrogens (primary N) is 1. The average molecular weight is 257 g/mol. The van der Waals surface area contributed by atoms with Crippen LogP contribution < -0.4 is 5.73 Å². The molecule has 0 saturated heterocycles. The van der Waals surface area contributed by atoms with Crippen LogP contribution in [-0.2, 0) is 14.3 Å². The van der Waals surface area contributed by atoms with Crippen LogP contribution in [0, 0.1) is 0 Å². The fourth-order valence-electron chi connectivity index (χ4n) is 1.47. The Morgan fingerprint density at radius 3 is 2.44 bits per heavy atom. The van der Waals surface area contributed by atoms with Crippen LogP contribution in [0.5, 0.6) is 0 Å². The van der Waals surface area contributed by atoms with Crippen molar-refractivity contribution >= 4 is 11.9 Å². The van der Waals surface area contributed by atoms with Crippen molar-refractivity contribution in [3.8, 4) is 0 Å². The Bertz CT molecular complexity index is 369. The third-order valence-electron chi connectivity index (χ3n) is 2.63. The molecular formula is C9H15N5O4. The second-order valence-electron chi connectivity index (χ2n) is 3.92. The van der Waals surface area contributed by atoms with E-state index in [9.17, 15) is 9.59 Å². The van der Waals surface area contributed by atoms with Crippen molar-refractivity contribution < 1.29 is 19.4 Å². The molecule has 0 unspecified atom stereocenters. The van der Waals surface area contributed by atoms with Gasteiger partial charge in [-0.15, -0.1) is 10.2 Å². The Hall–Kier alpha value is -1.90. The van der Waals surface area contributed by atoms with Gasteiger partial charge in [0.15, 0.2) is 5.66 Å². The molecule has 0 spiro atoms. The first-order valence-corrected chi connectivity index (χ1v) is 5.38. The molecule has 9 heteroatoms. The van der Waals surface area contributed by atoms with E-state index < -0.39 is 23.6 Å². The van der Waals surface area contributed by atoms with E-state index in [0.717, 1.165) is 0 Å². The molecule has 0 bridgehead atoms. The number of carboxylic acid groups (broad SMARTS) is 1. The molecule has 0 amide bonds. The van der Waals surface area contributed by atoms with Crippen LogP contribution in [0.3, 0.4) is 0 Å². The first-order valence-electron chi connectivity index (χ1n) is 5.38. The van der Waals surface area contributed by atoms with Crippen molar-refractivity contribution in [1.29, 1.82) is 0 Å². The van der Waals surface area contributed by atoms with E-state index in [1.54, 1.807) is 0 Å². The molecule has 0 fully saturated rings. The second-order valence-corrected chi connectivity index (χ2v) is 3.92. The Balaban J connectivity index is 2.54. The van der Waals surface area contributed by atoms with Crippen molar-refractivity contribution in [2.75, 3.05) is 7.11 Å². The SMILES string of the molecule is COC(=O)CCC1(CC[C@H](N)C(=O)O)N=NN=N1. The van der Waals surface area contributed by atoms with Gasteiger partial charge in [-0.05, 0) is 23.3 Å². The van der Waals surface area contributed by atoms with E-state index in [0.29, 0.717) is 0 Å². The average Bonchev–Trinajstić information content (AvgIpc) is 2.82. The molecule has 1 rings (SSSR count). The number of methoxy groups -OCH3 is 1. The zero-order valence-electron chi connectivity index (χ0n) is 9.94. The van der Waals surface area contributed by atoms with E-state index >= 15 is 0 Å². The highest BCUT2D eigenvalue weighted by Crippen LogP contribution is 2.31. The molecule has 1 aliphatic heterocycles. The highest BCUT2D eigenvalue weighted by molar-refractivity contribution is 5.73. The van der Waals surface area contributed by atoms with E-state index in [1.165, 1.54) is 7.11 Å². The summed E-state index contributed by atoms with van der Waals surface area (Å²) < 4.78 is 4.52. The van der Waals surface area contributed by atoms with E-state index in [1.807, 2.05) is 0 Å². The number of carbonyl (C=O) groups excluding carboxylic acids is 1. The van der Waals surface area contributed by atoms with E-state index in [2.05, 4.69) is 25.4 Å². The highest BCUT2D eigenvalue weighted by Gasteiger charge is 2.34. The van der Waals surface area contributed by atoms with Gasteiger partial charge in [0.2, 0.25) is 0 Å². The summed E-state index contributed by atoms with van der Waals surface area (Å²) in [6.07, 6.45) is 0.814. The number of aliphatic carboxylic acids is 1. The van der Waals surface area contributed by atoms with Crippen LogP contribution in [0.4, 0.5) is 0 Å². The fraction of sp³-hybridized carbons (Fsp3) is 0.778. The molecule has 0 aromatic carbocycles. The number of carboxylic acids is 1. The standard InChI is InChI=1S/C9H15N5O4/c1-18-7(15)3-5-9(11-13-14-12-9)4-2-6(10)8(16)17/h6H,2-5,10H2,1H3,(H,16,17)/t6-/m0/s1. The van der Waals surface area contributed by atoms with E-state index in [-0.39, 0.29) is 25.7 Å². The molecule has 1 heterocycles. The first kappa shape index (κ1) is 14.2. The summed E-state index contributed by atoms with van der Waals surface area (Å²) in [5.74, 6) is -1.49. The number of ether oxygens (including phenoxy) is 1. The summed E-state index contributed by atoms with van der Waals surface area (Å²) in [4.78, 5) is 21.7. The number of hydrogen-bond acceptors (Lipinski definition) is 8. The highest BCUT2D eigenvalue weighted by atomic mass is 16.5. The number of esters is 1. The predicted molar refractivity (Wildman–Crippen MR) is 58.5 cm³/mol. The minimum atomic E-state index is -1.09. The lowest BCUT2D eigenvalue weighted by Gasteiger charge is -2.19. The fourth-order valence-corrected chi connectivity index (χ4v) is 1.47. The van der Waals surface area contributed by atoms with Crippen molar-refractivity contribution in [3.63, 3.8) is 0 Å². The Kier molecular flexibility index (Phi) is 4.84. The lowest BCUT2D eigenvalue weighted by atomic mass is 9.97.